The predicted molar refractivity (Wildman–Crippen MR) is 111 cm³/mol. The summed E-state index contributed by atoms with van der Waals surface area (Å²) in [5.41, 5.74) is 1.14. The van der Waals surface area contributed by atoms with Crippen LogP contribution in [0.25, 0.3) is 0 Å². The highest BCUT2D eigenvalue weighted by Gasteiger charge is 2.25. The molecule has 0 radical (unpaired) electrons. The molecule has 28 heavy (non-hydrogen) atoms. The Labute approximate surface area is 171 Å². The van der Waals surface area contributed by atoms with Gasteiger partial charge in [-0.1, -0.05) is 36.8 Å². The highest BCUT2D eigenvalue weighted by molar-refractivity contribution is 7.71. The molecule has 2 aliphatic heterocycles. The molecule has 0 aliphatic carbocycles. The van der Waals surface area contributed by atoms with Gasteiger partial charge < -0.3 is 9.88 Å². The minimum absolute atomic E-state index is 0.103. The number of carbonyl (C=O) groups is 1. The van der Waals surface area contributed by atoms with Gasteiger partial charge in [0.15, 0.2) is 4.77 Å². The van der Waals surface area contributed by atoms with Crippen molar-refractivity contribution < 1.29 is 4.79 Å². The van der Waals surface area contributed by atoms with E-state index in [-0.39, 0.29) is 11.8 Å². The molecule has 0 atom stereocenters. The van der Waals surface area contributed by atoms with E-state index in [1.54, 1.807) is 0 Å². The van der Waals surface area contributed by atoms with E-state index < -0.39 is 0 Å². The molecule has 1 fully saturated rings. The van der Waals surface area contributed by atoms with E-state index in [0.29, 0.717) is 6.54 Å². The number of likely N-dealkylation sites (tertiary alicyclic amines) is 1. The number of rotatable bonds is 5. The van der Waals surface area contributed by atoms with Gasteiger partial charge in [0.1, 0.15) is 5.82 Å². The van der Waals surface area contributed by atoms with Crippen molar-refractivity contribution in [1.82, 2.24) is 24.6 Å². The number of nitrogens with zero attached hydrogens (tertiary/aromatic N) is 4. The number of benzene rings is 1. The van der Waals surface area contributed by atoms with Gasteiger partial charge in [0.25, 0.3) is 0 Å². The summed E-state index contributed by atoms with van der Waals surface area (Å²) in [6.45, 7) is 4.16. The zero-order valence-electron chi connectivity index (χ0n) is 16.3. The Morgan fingerprint density at radius 3 is 2.68 bits per heavy atom. The van der Waals surface area contributed by atoms with Crippen molar-refractivity contribution in [2.75, 3.05) is 13.1 Å². The van der Waals surface area contributed by atoms with Gasteiger partial charge in [-0.05, 0) is 43.5 Å². The van der Waals surface area contributed by atoms with E-state index in [1.807, 2.05) is 35.0 Å². The fourth-order valence-corrected chi connectivity index (χ4v) is 4.47. The maximum absolute atomic E-state index is 12.5. The first-order valence-electron chi connectivity index (χ1n) is 10.4. The Hall–Kier alpha value is -1.99. The second kappa shape index (κ2) is 9.01. The van der Waals surface area contributed by atoms with Crippen molar-refractivity contribution in [3.05, 3.63) is 46.5 Å². The summed E-state index contributed by atoms with van der Waals surface area (Å²) >= 11 is 5.66. The fourth-order valence-electron chi connectivity index (χ4n) is 4.17. The molecule has 0 unspecified atom stereocenters. The van der Waals surface area contributed by atoms with Gasteiger partial charge in [-0.25, -0.2) is 4.68 Å². The Morgan fingerprint density at radius 1 is 1.11 bits per heavy atom. The van der Waals surface area contributed by atoms with Crippen LogP contribution in [0.2, 0.25) is 0 Å². The number of aromatic nitrogens is 3. The summed E-state index contributed by atoms with van der Waals surface area (Å²) in [5, 5.41) is 7.86. The first kappa shape index (κ1) is 19.3. The first-order valence-corrected chi connectivity index (χ1v) is 10.8. The van der Waals surface area contributed by atoms with Crippen molar-refractivity contribution in [1.29, 1.82) is 0 Å². The van der Waals surface area contributed by atoms with Gasteiger partial charge >= 0.3 is 0 Å². The maximum Gasteiger partial charge on any atom is 0.223 e. The predicted octanol–water partition coefficient (Wildman–Crippen LogP) is 3.13. The zero-order valence-corrected chi connectivity index (χ0v) is 17.2. The van der Waals surface area contributed by atoms with Crippen LogP contribution in [0.15, 0.2) is 30.3 Å². The third kappa shape index (κ3) is 4.52. The van der Waals surface area contributed by atoms with Gasteiger partial charge in [-0.3, -0.25) is 9.69 Å². The minimum Gasteiger partial charge on any atom is -0.352 e. The van der Waals surface area contributed by atoms with Crippen LogP contribution in [0, 0.1) is 10.7 Å². The van der Waals surface area contributed by atoms with Crippen molar-refractivity contribution in [2.45, 2.75) is 58.3 Å². The highest BCUT2D eigenvalue weighted by atomic mass is 32.1. The van der Waals surface area contributed by atoms with Crippen LogP contribution >= 0.6 is 12.2 Å². The van der Waals surface area contributed by atoms with Crippen molar-refractivity contribution in [3.63, 3.8) is 0 Å². The van der Waals surface area contributed by atoms with Gasteiger partial charge in [0.05, 0.1) is 6.67 Å². The summed E-state index contributed by atoms with van der Waals surface area (Å²) in [6, 6.07) is 10.1. The molecule has 0 saturated carbocycles. The molecule has 1 aromatic carbocycles. The number of nitrogens with one attached hydrogen (secondary N) is 1. The summed E-state index contributed by atoms with van der Waals surface area (Å²) in [4.78, 5) is 14.9. The molecule has 150 valence electrons. The lowest BCUT2D eigenvalue weighted by molar-refractivity contribution is -0.126. The lowest BCUT2D eigenvalue weighted by Gasteiger charge is -2.30. The lowest BCUT2D eigenvalue weighted by atomic mass is 9.96. The van der Waals surface area contributed by atoms with Crippen LogP contribution in [0.3, 0.4) is 0 Å². The van der Waals surface area contributed by atoms with E-state index in [9.17, 15) is 4.79 Å². The van der Waals surface area contributed by atoms with E-state index >= 15 is 0 Å². The fraction of sp³-hybridized carbons (Fsp3) is 0.571. The quantitative estimate of drug-likeness (QED) is 0.785. The van der Waals surface area contributed by atoms with E-state index in [1.165, 1.54) is 19.3 Å². The van der Waals surface area contributed by atoms with Crippen LogP contribution in [0.4, 0.5) is 0 Å². The minimum atomic E-state index is 0.103. The molecular formula is C21H29N5OS. The van der Waals surface area contributed by atoms with Crippen molar-refractivity contribution in [3.8, 4) is 0 Å². The van der Waals surface area contributed by atoms with Crippen LogP contribution in [0.1, 0.15) is 43.5 Å². The number of aryl methyl sites for hydroxylation is 1. The smallest absolute Gasteiger partial charge is 0.223 e. The molecule has 4 rings (SSSR count). The first-order chi connectivity index (χ1) is 13.7. The van der Waals surface area contributed by atoms with Crippen LogP contribution in [-0.4, -0.2) is 38.2 Å². The van der Waals surface area contributed by atoms with Crippen molar-refractivity contribution >= 4 is 18.1 Å². The van der Waals surface area contributed by atoms with Crippen molar-refractivity contribution in [2.24, 2.45) is 5.92 Å². The third-order valence-corrected chi connectivity index (χ3v) is 6.31. The Balaban J connectivity index is 1.27. The monoisotopic (exact) mass is 399 g/mol. The number of hydrogen-bond donors (Lipinski definition) is 1. The molecule has 7 heteroatoms. The highest BCUT2D eigenvalue weighted by Crippen LogP contribution is 2.19. The molecule has 2 aromatic rings. The maximum atomic E-state index is 12.5. The Bertz CT molecular complexity index is 851. The SMILES string of the molecule is O=C(NCc1ccccc1)C1CCN(Cn2nc3n(c2=S)CCCCC3)CC1. The van der Waals surface area contributed by atoms with Gasteiger partial charge in [0, 0.05) is 38.5 Å². The molecule has 1 amide bonds. The summed E-state index contributed by atoms with van der Waals surface area (Å²) in [7, 11) is 0. The second-order valence-electron chi connectivity index (χ2n) is 7.90. The van der Waals surface area contributed by atoms with E-state index in [2.05, 4.69) is 14.8 Å². The van der Waals surface area contributed by atoms with E-state index in [4.69, 9.17) is 17.3 Å². The average molecular weight is 400 g/mol. The Morgan fingerprint density at radius 2 is 1.89 bits per heavy atom. The molecule has 1 saturated heterocycles. The summed E-state index contributed by atoms with van der Waals surface area (Å²) < 4.78 is 5.04. The summed E-state index contributed by atoms with van der Waals surface area (Å²) in [5.74, 6) is 1.41. The van der Waals surface area contributed by atoms with E-state index in [0.717, 1.165) is 61.7 Å². The molecule has 2 aliphatic rings. The standard InChI is InChI=1S/C21H29N5OS/c27-20(22-15-17-7-3-1-4-8-17)18-10-13-24(14-11-18)16-26-21(28)25-12-6-2-5-9-19(25)23-26/h1,3-4,7-8,18H,2,5-6,9-16H2,(H,22,27). The lowest BCUT2D eigenvalue weighted by Crippen LogP contribution is -2.41. The second-order valence-corrected chi connectivity index (χ2v) is 8.26. The normalized spacial score (nSPS) is 18.4. The molecule has 1 aromatic heterocycles. The molecule has 0 bridgehead atoms. The number of fused-ring (bicyclic) bond motifs is 1. The Kier molecular flexibility index (Phi) is 6.22. The van der Waals surface area contributed by atoms with Gasteiger partial charge in [0.2, 0.25) is 5.91 Å². The molecule has 6 nitrogen and oxygen atoms in total. The van der Waals surface area contributed by atoms with Crippen LogP contribution < -0.4 is 5.32 Å². The third-order valence-electron chi connectivity index (χ3n) is 5.88. The average Bonchev–Trinajstić information content (AvgIpc) is 2.89. The zero-order chi connectivity index (χ0) is 19.3. The molecular weight excluding hydrogens is 370 g/mol. The molecule has 0 spiro atoms. The van der Waals surface area contributed by atoms with Crippen LogP contribution in [0.5, 0.6) is 0 Å². The number of carbonyl (C=O) groups excluding carboxylic acids is 1. The van der Waals surface area contributed by atoms with Gasteiger partial charge in [-0.2, -0.15) is 5.10 Å². The summed E-state index contributed by atoms with van der Waals surface area (Å²) in [6.07, 6.45) is 6.47. The van der Waals surface area contributed by atoms with Gasteiger partial charge in [-0.15, -0.1) is 0 Å². The number of amides is 1. The number of piperidine rings is 1. The molecule has 3 heterocycles. The topological polar surface area (TPSA) is 55.1 Å². The molecule has 1 N–H and O–H groups in total. The van der Waals surface area contributed by atoms with Crippen LogP contribution in [-0.2, 0) is 31.0 Å². The number of hydrogen-bond acceptors (Lipinski definition) is 4. The largest absolute Gasteiger partial charge is 0.352 e.